The van der Waals surface area contributed by atoms with Crippen molar-refractivity contribution in [3.8, 4) is 11.8 Å². The van der Waals surface area contributed by atoms with E-state index < -0.39 is 0 Å². The molecule has 0 aliphatic heterocycles. The van der Waals surface area contributed by atoms with Gasteiger partial charge in [-0.05, 0) is 21.9 Å². The predicted octanol–water partition coefficient (Wildman–Crippen LogP) is 1.83. The average molecular weight is 231 g/mol. The fraction of sp³-hybridized carbons (Fsp3) is 0.143. The second-order valence-electron chi connectivity index (χ2n) is 1.66. The van der Waals surface area contributed by atoms with Gasteiger partial charge < -0.3 is 0 Å². The van der Waals surface area contributed by atoms with Gasteiger partial charge >= 0.3 is 0 Å². The molecular formula is C7H4BrClN2. The maximum Gasteiger partial charge on any atom is 0.131 e. The average Bonchev–Trinajstić information content (AvgIpc) is 2.04. The van der Waals surface area contributed by atoms with Gasteiger partial charge in [0.15, 0.2) is 0 Å². The minimum absolute atomic E-state index is 0.317. The standard InChI is InChI=1S/C7H4BrClN2/c8-7-5-10-6(4-11-7)2-1-3-9/h4-5H,3H2. The van der Waals surface area contributed by atoms with Crippen molar-refractivity contribution in [2.75, 3.05) is 5.88 Å². The zero-order valence-corrected chi connectivity index (χ0v) is 7.85. The summed E-state index contributed by atoms with van der Waals surface area (Å²) in [5, 5.41) is 0. The number of rotatable bonds is 0. The molecule has 56 valence electrons. The van der Waals surface area contributed by atoms with Gasteiger partial charge in [0.2, 0.25) is 0 Å². The highest BCUT2D eigenvalue weighted by molar-refractivity contribution is 9.10. The molecule has 1 aromatic heterocycles. The molecule has 1 aromatic rings. The molecule has 0 amide bonds. The van der Waals surface area contributed by atoms with Gasteiger partial charge in [0.05, 0.1) is 18.3 Å². The summed E-state index contributed by atoms with van der Waals surface area (Å²) in [5.74, 6) is 5.74. The molecule has 4 heteroatoms. The number of hydrogen-bond donors (Lipinski definition) is 0. The highest BCUT2D eigenvalue weighted by Gasteiger charge is 1.88. The van der Waals surface area contributed by atoms with Crippen LogP contribution in [0.15, 0.2) is 17.0 Å². The van der Waals surface area contributed by atoms with Gasteiger partial charge in [0.25, 0.3) is 0 Å². The first-order chi connectivity index (χ1) is 5.33. The normalized spacial score (nSPS) is 8.55. The monoisotopic (exact) mass is 230 g/mol. The molecule has 0 saturated carbocycles. The topological polar surface area (TPSA) is 25.8 Å². The molecule has 0 aliphatic rings. The molecule has 1 heterocycles. The lowest BCUT2D eigenvalue weighted by Crippen LogP contribution is -1.84. The van der Waals surface area contributed by atoms with Crippen molar-refractivity contribution in [2.45, 2.75) is 0 Å². The smallest absolute Gasteiger partial charge is 0.131 e. The van der Waals surface area contributed by atoms with Gasteiger partial charge in [-0.15, -0.1) is 11.6 Å². The minimum atomic E-state index is 0.317. The molecule has 0 bridgehead atoms. The van der Waals surface area contributed by atoms with E-state index in [1.165, 1.54) is 0 Å². The van der Waals surface area contributed by atoms with Crippen LogP contribution >= 0.6 is 27.5 Å². The Labute approximate surface area is 78.1 Å². The Hall–Kier alpha value is -0.590. The van der Waals surface area contributed by atoms with Crippen molar-refractivity contribution in [1.29, 1.82) is 0 Å². The van der Waals surface area contributed by atoms with Gasteiger partial charge in [-0.2, -0.15) is 0 Å². The molecule has 0 fully saturated rings. The largest absolute Gasteiger partial charge is 0.245 e. The highest BCUT2D eigenvalue weighted by Crippen LogP contribution is 2.01. The number of hydrogen-bond acceptors (Lipinski definition) is 2. The second kappa shape index (κ2) is 4.32. The number of alkyl halides is 1. The van der Waals surface area contributed by atoms with Crippen LogP contribution in [-0.2, 0) is 0 Å². The molecule has 0 atom stereocenters. The maximum absolute atomic E-state index is 5.35. The molecule has 0 aromatic carbocycles. The van der Waals surface area contributed by atoms with E-state index in [9.17, 15) is 0 Å². The van der Waals surface area contributed by atoms with Crippen molar-refractivity contribution < 1.29 is 0 Å². The van der Waals surface area contributed by atoms with E-state index in [-0.39, 0.29) is 0 Å². The molecule has 11 heavy (non-hydrogen) atoms. The Morgan fingerprint density at radius 1 is 1.45 bits per heavy atom. The highest BCUT2D eigenvalue weighted by atomic mass is 79.9. The Morgan fingerprint density at radius 2 is 2.27 bits per heavy atom. The van der Waals surface area contributed by atoms with Crippen molar-refractivity contribution in [2.24, 2.45) is 0 Å². The van der Waals surface area contributed by atoms with E-state index in [0.717, 1.165) is 0 Å². The molecule has 0 saturated heterocycles. The van der Waals surface area contributed by atoms with Crippen LogP contribution in [0.3, 0.4) is 0 Å². The van der Waals surface area contributed by atoms with Crippen LogP contribution in [0.4, 0.5) is 0 Å². The third-order valence-corrected chi connectivity index (χ3v) is 1.45. The van der Waals surface area contributed by atoms with Gasteiger partial charge in [-0.3, -0.25) is 0 Å². The second-order valence-corrected chi connectivity index (χ2v) is 2.74. The molecular weight excluding hydrogens is 227 g/mol. The minimum Gasteiger partial charge on any atom is -0.245 e. The van der Waals surface area contributed by atoms with Crippen LogP contribution in [0.25, 0.3) is 0 Å². The Kier molecular flexibility index (Phi) is 3.34. The summed E-state index contributed by atoms with van der Waals surface area (Å²) in [6, 6.07) is 0. The van der Waals surface area contributed by atoms with Crippen LogP contribution in [0.2, 0.25) is 0 Å². The molecule has 0 aliphatic carbocycles. The third-order valence-electron chi connectivity index (χ3n) is 0.904. The predicted molar refractivity (Wildman–Crippen MR) is 47.3 cm³/mol. The molecule has 2 nitrogen and oxygen atoms in total. The van der Waals surface area contributed by atoms with Crippen LogP contribution in [0.1, 0.15) is 5.69 Å². The maximum atomic E-state index is 5.35. The van der Waals surface area contributed by atoms with Crippen molar-refractivity contribution in [3.63, 3.8) is 0 Å². The van der Waals surface area contributed by atoms with Crippen LogP contribution in [-0.4, -0.2) is 15.8 Å². The van der Waals surface area contributed by atoms with Crippen LogP contribution < -0.4 is 0 Å². The summed E-state index contributed by atoms with van der Waals surface area (Å²) < 4.78 is 0.703. The van der Waals surface area contributed by atoms with Crippen LogP contribution in [0, 0.1) is 11.8 Å². The van der Waals surface area contributed by atoms with Crippen molar-refractivity contribution >= 4 is 27.5 Å². The van der Waals surface area contributed by atoms with E-state index in [4.69, 9.17) is 11.6 Å². The summed E-state index contributed by atoms with van der Waals surface area (Å²) in [5.41, 5.74) is 0.633. The van der Waals surface area contributed by atoms with Gasteiger partial charge in [0.1, 0.15) is 10.3 Å². The first kappa shape index (κ1) is 8.51. The fourth-order valence-electron chi connectivity index (χ4n) is 0.501. The third kappa shape index (κ3) is 2.87. The zero-order chi connectivity index (χ0) is 8.10. The zero-order valence-electron chi connectivity index (χ0n) is 5.51. The SMILES string of the molecule is ClCC#Cc1cnc(Br)cn1. The first-order valence-electron chi connectivity index (χ1n) is 2.85. The van der Waals surface area contributed by atoms with Gasteiger partial charge in [-0.1, -0.05) is 5.92 Å². The summed E-state index contributed by atoms with van der Waals surface area (Å²) >= 11 is 8.52. The van der Waals surface area contributed by atoms with Crippen molar-refractivity contribution in [3.05, 3.63) is 22.7 Å². The molecule has 0 radical (unpaired) electrons. The Bertz CT molecular complexity index is 286. The number of aromatic nitrogens is 2. The first-order valence-corrected chi connectivity index (χ1v) is 4.18. The Balaban J connectivity index is 2.82. The molecule has 0 unspecified atom stereocenters. The van der Waals surface area contributed by atoms with E-state index in [1.807, 2.05) is 0 Å². The fourth-order valence-corrected chi connectivity index (χ4v) is 0.772. The van der Waals surface area contributed by atoms with E-state index in [1.54, 1.807) is 12.4 Å². The van der Waals surface area contributed by atoms with E-state index in [2.05, 4.69) is 37.7 Å². The lowest BCUT2D eigenvalue weighted by molar-refractivity contribution is 1.14. The molecule has 0 spiro atoms. The molecule has 1 rings (SSSR count). The lowest BCUT2D eigenvalue weighted by Gasteiger charge is -1.87. The van der Waals surface area contributed by atoms with E-state index in [0.29, 0.717) is 16.2 Å². The summed E-state index contributed by atoms with van der Waals surface area (Å²) in [7, 11) is 0. The number of nitrogens with zero attached hydrogens (tertiary/aromatic N) is 2. The van der Waals surface area contributed by atoms with E-state index >= 15 is 0 Å². The van der Waals surface area contributed by atoms with Gasteiger partial charge in [0, 0.05) is 0 Å². The summed E-state index contributed by atoms with van der Waals surface area (Å²) in [6.45, 7) is 0. The van der Waals surface area contributed by atoms with Crippen molar-refractivity contribution in [1.82, 2.24) is 9.97 Å². The van der Waals surface area contributed by atoms with Gasteiger partial charge in [-0.25, -0.2) is 9.97 Å². The molecule has 0 N–H and O–H groups in total. The summed E-state index contributed by atoms with van der Waals surface area (Å²) in [4.78, 5) is 7.91. The van der Waals surface area contributed by atoms with Crippen LogP contribution in [0.5, 0.6) is 0 Å². The number of halogens is 2. The summed E-state index contributed by atoms with van der Waals surface area (Å²) in [6.07, 6.45) is 3.18. The quantitative estimate of drug-likeness (QED) is 0.503. The Morgan fingerprint density at radius 3 is 2.82 bits per heavy atom. The lowest BCUT2D eigenvalue weighted by atomic mass is 10.4.